The lowest BCUT2D eigenvalue weighted by molar-refractivity contribution is 0.0564. The zero-order valence-corrected chi connectivity index (χ0v) is 17.3. The topological polar surface area (TPSA) is 103 Å². The third kappa shape index (κ3) is 4.49. The van der Waals surface area contributed by atoms with Gasteiger partial charge in [-0.3, -0.25) is 0 Å². The number of ether oxygens (including phenoxy) is 1. The molecular formula is C19H27N5O3S. The van der Waals surface area contributed by atoms with E-state index in [4.69, 9.17) is 15.5 Å². The molecule has 2 N–H and O–H groups in total. The van der Waals surface area contributed by atoms with Crippen molar-refractivity contribution in [2.75, 3.05) is 19.8 Å². The smallest absolute Gasteiger partial charge is 0.213 e. The van der Waals surface area contributed by atoms with Crippen molar-refractivity contribution in [1.82, 2.24) is 18.8 Å². The number of para-hydroxylation sites is 1. The summed E-state index contributed by atoms with van der Waals surface area (Å²) < 4.78 is 32.7. The van der Waals surface area contributed by atoms with E-state index in [0.29, 0.717) is 13.0 Å². The van der Waals surface area contributed by atoms with Crippen LogP contribution in [0.25, 0.3) is 21.9 Å². The first-order chi connectivity index (χ1) is 13.3. The standard InChI is InChI=1S/C19H27N5O3S/c1-14(20)27-12-17-18-19(15-8-4-5-9-16(15)22-17)24(13-21-18)10-6-7-11-28(25,26)23(2)3/h4-5,8-9,13-14H,6-7,10-12,20H2,1-3H3. The second-order valence-corrected chi connectivity index (χ2v) is 9.33. The summed E-state index contributed by atoms with van der Waals surface area (Å²) in [6.45, 7) is 2.75. The zero-order chi connectivity index (χ0) is 20.3. The summed E-state index contributed by atoms with van der Waals surface area (Å²) in [6.07, 6.45) is 2.73. The number of hydrogen-bond donors (Lipinski definition) is 1. The number of fused-ring (bicyclic) bond motifs is 3. The molecule has 0 aliphatic rings. The summed E-state index contributed by atoms with van der Waals surface area (Å²) in [5.41, 5.74) is 9.11. The summed E-state index contributed by atoms with van der Waals surface area (Å²) >= 11 is 0. The van der Waals surface area contributed by atoms with E-state index in [1.165, 1.54) is 4.31 Å². The van der Waals surface area contributed by atoms with Gasteiger partial charge in [-0.15, -0.1) is 0 Å². The number of sulfonamides is 1. The fourth-order valence-electron chi connectivity index (χ4n) is 3.08. The van der Waals surface area contributed by atoms with Crippen LogP contribution in [0.15, 0.2) is 30.6 Å². The Morgan fingerprint density at radius 2 is 2.00 bits per heavy atom. The van der Waals surface area contributed by atoms with Crippen molar-refractivity contribution in [3.8, 4) is 0 Å². The van der Waals surface area contributed by atoms with Crippen LogP contribution in [-0.4, -0.2) is 53.3 Å². The van der Waals surface area contributed by atoms with Crippen molar-refractivity contribution in [3.63, 3.8) is 0 Å². The number of aromatic nitrogens is 3. The van der Waals surface area contributed by atoms with Gasteiger partial charge in [0.25, 0.3) is 0 Å². The molecule has 0 aliphatic carbocycles. The largest absolute Gasteiger partial charge is 0.358 e. The number of nitrogens with two attached hydrogens (primary N) is 1. The Morgan fingerprint density at radius 3 is 2.71 bits per heavy atom. The van der Waals surface area contributed by atoms with Crippen molar-refractivity contribution < 1.29 is 13.2 Å². The van der Waals surface area contributed by atoms with Gasteiger partial charge in [-0.2, -0.15) is 0 Å². The Balaban J connectivity index is 1.87. The van der Waals surface area contributed by atoms with E-state index >= 15 is 0 Å². The zero-order valence-electron chi connectivity index (χ0n) is 16.5. The number of rotatable bonds is 9. The number of pyridine rings is 1. The van der Waals surface area contributed by atoms with E-state index < -0.39 is 10.0 Å². The summed E-state index contributed by atoms with van der Waals surface area (Å²) in [7, 11) is -0.0502. The molecule has 2 heterocycles. The van der Waals surface area contributed by atoms with E-state index in [1.54, 1.807) is 27.3 Å². The van der Waals surface area contributed by atoms with E-state index in [2.05, 4.69) is 9.55 Å². The van der Waals surface area contributed by atoms with Crippen LogP contribution in [-0.2, 0) is 27.9 Å². The van der Waals surface area contributed by atoms with Gasteiger partial charge in [0.2, 0.25) is 10.0 Å². The molecule has 9 heteroatoms. The highest BCUT2D eigenvalue weighted by molar-refractivity contribution is 7.89. The monoisotopic (exact) mass is 405 g/mol. The van der Waals surface area contributed by atoms with Crippen LogP contribution in [0.2, 0.25) is 0 Å². The third-order valence-corrected chi connectivity index (χ3v) is 6.53. The van der Waals surface area contributed by atoms with Crippen LogP contribution in [0.3, 0.4) is 0 Å². The molecule has 0 amide bonds. The number of nitrogens with zero attached hydrogens (tertiary/aromatic N) is 4. The van der Waals surface area contributed by atoms with Crippen molar-refractivity contribution in [1.29, 1.82) is 0 Å². The SMILES string of the molecule is CC(N)OCc1nc2ccccc2c2c1ncn2CCCCS(=O)(=O)N(C)C. The number of imidazole rings is 1. The molecule has 28 heavy (non-hydrogen) atoms. The van der Waals surface area contributed by atoms with Crippen molar-refractivity contribution in [3.05, 3.63) is 36.3 Å². The molecule has 1 aromatic carbocycles. The molecule has 8 nitrogen and oxygen atoms in total. The molecule has 0 aliphatic heterocycles. The highest BCUT2D eigenvalue weighted by Gasteiger charge is 2.16. The van der Waals surface area contributed by atoms with Crippen LogP contribution < -0.4 is 5.73 Å². The minimum atomic E-state index is -3.17. The maximum atomic E-state index is 11.9. The first-order valence-corrected chi connectivity index (χ1v) is 10.9. The normalized spacial score (nSPS) is 13.6. The highest BCUT2D eigenvalue weighted by Crippen LogP contribution is 2.26. The lowest BCUT2D eigenvalue weighted by Crippen LogP contribution is -2.25. The number of aryl methyl sites for hydroxylation is 1. The van der Waals surface area contributed by atoms with Gasteiger partial charge in [0, 0.05) is 26.0 Å². The van der Waals surface area contributed by atoms with Gasteiger partial charge < -0.3 is 15.0 Å². The minimum absolute atomic E-state index is 0.141. The predicted molar refractivity (Wildman–Crippen MR) is 110 cm³/mol. The van der Waals surface area contributed by atoms with Crippen LogP contribution in [0, 0.1) is 0 Å². The molecule has 3 rings (SSSR count). The van der Waals surface area contributed by atoms with Gasteiger partial charge in [-0.1, -0.05) is 18.2 Å². The second kappa shape index (κ2) is 8.52. The summed E-state index contributed by atoms with van der Waals surface area (Å²) in [4.78, 5) is 9.25. The highest BCUT2D eigenvalue weighted by atomic mass is 32.2. The maximum Gasteiger partial charge on any atom is 0.213 e. The number of unbranched alkanes of at least 4 members (excludes halogenated alkanes) is 1. The lowest BCUT2D eigenvalue weighted by atomic mass is 10.1. The van der Waals surface area contributed by atoms with Gasteiger partial charge in [-0.05, 0) is 25.8 Å². The lowest BCUT2D eigenvalue weighted by Gasteiger charge is -2.12. The van der Waals surface area contributed by atoms with Gasteiger partial charge in [0.05, 0.1) is 35.4 Å². The van der Waals surface area contributed by atoms with Gasteiger partial charge in [0.15, 0.2) is 0 Å². The Morgan fingerprint density at radius 1 is 1.25 bits per heavy atom. The minimum Gasteiger partial charge on any atom is -0.358 e. The molecule has 152 valence electrons. The Bertz CT molecular complexity index is 1060. The molecule has 0 saturated carbocycles. The van der Waals surface area contributed by atoms with E-state index in [1.807, 2.05) is 24.3 Å². The average Bonchev–Trinajstić information content (AvgIpc) is 3.07. The second-order valence-electron chi connectivity index (χ2n) is 7.03. The molecular weight excluding hydrogens is 378 g/mol. The molecule has 1 atom stereocenters. The van der Waals surface area contributed by atoms with E-state index in [9.17, 15) is 8.42 Å². The molecule has 3 aromatic rings. The molecule has 0 fully saturated rings. The van der Waals surface area contributed by atoms with Gasteiger partial charge in [-0.25, -0.2) is 22.7 Å². The Hall–Kier alpha value is -2.07. The van der Waals surface area contributed by atoms with Gasteiger partial charge in [0.1, 0.15) is 11.7 Å². The summed E-state index contributed by atoms with van der Waals surface area (Å²) in [6, 6.07) is 7.91. The molecule has 1 unspecified atom stereocenters. The first-order valence-electron chi connectivity index (χ1n) is 9.29. The molecule has 0 saturated heterocycles. The quantitative estimate of drug-likeness (QED) is 0.432. The first kappa shape index (κ1) is 20.7. The van der Waals surface area contributed by atoms with Crippen molar-refractivity contribution in [2.45, 2.75) is 39.1 Å². The fourth-order valence-corrected chi connectivity index (χ4v) is 4.01. The van der Waals surface area contributed by atoms with E-state index in [0.717, 1.165) is 34.1 Å². The van der Waals surface area contributed by atoms with Gasteiger partial charge >= 0.3 is 0 Å². The Kier molecular flexibility index (Phi) is 6.29. The molecule has 2 aromatic heterocycles. The van der Waals surface area contributed by atoms with Crippen molar-refractivity contribution >= 4 is 32.0 Å². The molecule has 0 spiro atoms. The van der Waals surface area contributed by atoms with Crippen LogP contribution in [0.5, 0.6) is 0 Å². The summed E-state index contributed by atoms with van der Waals surface area (Å²) in [5.74, 6) is 0.141. The third-order valence-electron chi connectivity index (χ3n) is 4.62. The number of hydrogen-bond acceptors (Lipinski definition) is 6. The van der Waals surface area contributed by atoms with Crippen LogP contribution >= 0.6 is 0 Å². The predicted octanol–water partition coefficient (Wildman–Crippen LogP) is 2.08. The maximum absolute atomic E-state index is 11.9. The van der Waals surface area contributed by atoms with Crippen LogP contribution in [0.4, 0.5) is 0 Å². The van der Waals surface area contributed by atoms with Crippen LogP contribution in [0.1, 0.15) is 25.5 Å². The summed E-state index contributed by atoms with van der Waals surface area (Å²) in [5, 5.41) is 1.01. The average molecular weight is 406 g/mol. The Labute approximate surface area is 165 Å². The molecule has 0 radical (unpaired) electrons. The van der Waals surface area contributed by atoms with E-state index in [-0.39, 0.29) is 18.6 Å². The molecule has 0 bridgehead atoms. The fraction of sp³-hybridized carbons (Fsp3) is 0.474. The number of benzene rings is 1. The van der Waals surface area contributed by atoms with Crippen molar-refractivity contribution in [2.24, 2.45) is 5.73 Å².